The molecule has 1 aliphatic heterocycles. The second-order valence-corrected chi connectivity index (χ2v) is 8.33. The van der Waals surface area contributed by atoms with Crippen LogP contribution in [-0.4, -0.2) is 48.4 Å². The number of carbonyl (C=O) groups is 2. The summed E-state index contributed by atoms with van der Waals surface area (Å²) in [5.74, 6) is -2.26. The molecule has 0 aliphatic carbocycles. The van der Waals surface area contributed by atoms with Gasteiger partial charge in [-0.05, 0) is 58.2 Å². The fraction of sp³-hybridized carbons (Fsp3) is 0.636. The standard InChI is InChI=1S/C22H31F2NO5/c1-5-28-19(26)8-6-7-15-13-17(23)20(18(24)14-15)29-16-9-11-25(12-10-16)21(27)30-22(2,3)4/h13-14,16H,5-12H2,1-4H3. The Labute approximate surface area is 176 Å². The smallest absolute Gasteiger partial charge is 0.410 e. The summed E-state index contributed by atoms with van der Waals surface area (Å²) in [4.78, 5) is 25.0. The SMILES string of the molecule is CCOC(=O)CCCc1cc(F)c(OC2CCN(C(=O)OC(C)(C)C)CC2)c(F)c1. The molecule has 1 saturated heterocycles. The molecule has 0 radical (unpaired) electrons. The molecule has 0 atom stereocenters. The van der Waals surface area contributed by atoms with Gasteiger partial charge in [-0.1, -0.05) is 0 Å². The highest BCUT2D eigenvalue weighted by Gasteiger charge is 2.28. The Morgan fingerprint density at radius 3 is 2.27 bits per heavy atom. The summed E-state index contributed by atoms with van der Waals surface area (Å²) in [7, 11) is 0. The maximum absolute atomic E-state index is 14.4. The number of amides is 1. The van der Waals surface area contributed by atoms with Crippen molar-refractivity contribution in [2.45, 2.75) is 71.5 Å². The van der Waals surface area contributed by atoms with E-state index in [0.29, 0.717) is 50.9 Å². The quantitative estimate of drug-likeness (QED) is 0.594. The molecule has 168 valence electrons. The first-order valence-corrected chi connectivity index (χ1v) is 10.4. The van der Waals surface area contributed by atoms with Gasteiger partial charge in [0.15, 0.2) is 17.4 Å². The molecule has 0 unspecified atom stereocenters. The van der Waals surface area contributed by atoms with Crippen LogP contribution in [0.5, 0.6) is 5.75 Å². The molecular weight excluding hydrogens is 396 g/mol. The minimum absolute atomic E-state index is 0.200. The predicted octanol–water partition coefficient (Wildman–Crippen LogP) is 4.63. The number of halogens is 2. The number of esters is 1. The Morgan fingerprint density at radius 2 is 1.73 bits per heavy atom. The van der Waals surface area contributed by atoms with Gasteiger partial charge in [0.05, 0.1) is 6.61 Å². The average Bonchev–Trinajstić information content (AvgIpc) is 2.64. The molecule has 6 nitrogen and oxygen atoms in total. The number of rotatable bonds is 7. The van der Waals surface area contributed by atoms with Crippen molar-refractivity contribution in [3.8, 4) is 5.75 Å². The van der Waals surface area contributed by atoms with Gasteiger partial charge >= 0.3 is 12.1 Å². The third-order valence-corrected chi connectivity index (χ3v) is 4.59. The zero-order valence-corrected chi connectivity index (χ0v) is 18.1. The molecule has 1 aromatic carbocycles. The number of carbonyl (C=O) groups excluding carboxylic acids is 2. The van der Waals surface area contributed by atoms with E-state index in [2.05, 4.69) is 0 Å². The normalized spacial score (nSPS) is 15.1. The Hall–Kier alpha value is -2.38. The summed E-state index contributed by atoms with van der Waals surface area (Å²) in [6, 6.07) is 2.47. The van der Waals surface area contributed by atoms with Gasteiger partial charge in [-0.2, -0.15) is 0 Å². The van der Waals surface area contributed by atoms with E-state index in [1.807, 2.05) is 0 Å². The van der Waals surface area contributed by atoms with E-state index in [-0.39, 0.29) is 18.5 Å². The molecule has 1 heterocycles. The minimum Gasteiger partial charge on any atom is -0.484 e. The Kier molecular flexibility index (Phi) is 8.43. The lowest BCUT2D eigenvalue weighted by molar-refractivity contribution is -0.143. The molecule has 0 bridgehead atoms. The van der Waals surface area contributed by atoms with Gasteiger partial charge < -0.3 is 19.1 Å². The van der Waals surface area contributed by atoms with Gasteiger partial charge in [-0.3, -0.25) is 4.79 Å². The highest BCUT2D eigenvalue weighted by atomic mass is 19.1. The second-order valence-electron chi connectivity index (χ2n) is 8.33. The summed E-state index contributed by atoms with van der Waals surface area (Å²) >= 11 is 0. The van der Waals surface area contributed by atoms with Crippen molar-refractivity contribution in [2.75, 3.05) is 19.7 Å². The first-order chi connectivity index (χ1) is 14.1. The van der Waals surface area contributed by atoms with Crippen LogP contribution >= 0.6 is 0 Å². The van der Waals surface area contributed by atoms with Crippen molar-refractivity contribution in [1.29, 1.82) is 0 Å². The van der Waals surface area contributed by atoms with E-state index in [1.54, 1.807) is 32.6 Å². The van der Waals surface area contributed by atoms with E-state index in [9.17, 15) is 18.4 Å². The highest BCUT2D eigenvalue weighted by Crippen LogP contribution is 2.28. The van der Waals surface area contributed by atoms with Gasteiger partial charge in [0.25, 0.3) is 0 Å². The maximum atomic E-state index is 14.4. The number of ether oxygens (including phenoxy) is 3. The topological polar surface area (TPSA) is 65.1 Å². The van der Waals surface area contributed by atoms with Crippen LogP contribution in [0.2, 0.25) is 0 Å². The minimum atomic E-state index is -0.768. The van der Waals surface area contributed by atoms with Gasteiger partial charge in [-0.25, -0.2) is 13.6 Å². The van der Waals surface area contributed by atoms with Crippen LogP contribution in [0.1, 0.15) is 58.9 Å². The first-order valence-electron chi connectivity index (χ1n) is 10.4. The fourth-order valence-corrected chi connectivity index (χ4v) is 3.19. The molecular formula is C22H31F2NO5. The Morgan fingerprint density at radius 1 is 1.13 bits per heavy atom. The second kappa shape index (κ2) is 10.6. The summed E-state index contributed by atoms with van der Waals surface area (Å²) < 4.78 is 44.6. The van der Waals surface area contributed by atoms with Crippen LogP contribution in [-0.2, 0) is 20.7 Å². The van der Waals surface area contributed by atoms with Crippen LogP contribution in [0.3, 0.4) is 0 Å². The predicted molar refractivity (Wildman–Crippen MR) is 107 cm³/mol. The summed E-state index contributed by atoms with van der Waals surface area (Å²) in [6.07, 6.45) is 1.14. The Bertz CT molecular complexity index is 717. The van der Waals surface area contributed by atoms with Crippen molar-refractivity contribution in [3.05, 3.63) is 29.3 Å². The van der Waals surface area contributed by atoms with Gasteiger partial charge in [0.2, 0.25) is 0 Å². The lowest BCUT2D eigenvalue weighted by atomic mass is 10.1. The number of piperidine rings is 1. The number of hydrogen-bond acceptors (Lipinski definition) is 5. The molecule has 2 rings (SSSR count). The molecule has 0 aromatic heterocycles. The molecule has 1 aromatic rings. The molecule has 0 N–H and O–H groups in total. The van der Waals surface area contributed by atoms with Crippen LogP contribution < -0.4 is 4.74 Å². The lowest BCUT2D eigenvalue weighted by Gasteiger charge is -2.33. The maximum Gasteiger partial charge on any atom is 0.410 e. The first kappa shape index (κ1) is 23.9. The monoisotopic (exact) mass is 427 g/mol. The lowest BCUT2D eigenvalue weighted by Crippen LogP contribution is -2.44. The highest BCUT2D eigenvalue weighted by molar-refractivity contribution is 5.69. The zero-order valence-electron chi connectivity index (χ0n) is 18.1. The largest absolute Gasteiger partial charge is 0.484 e. The number of likely N-dealkylation sites (tertiary alicyclic amines) is 1. The van der Waals surface area contributed by atoms with E-state index in [0.717, 1.165) is 0 Å². The average molecular weight is 427 g/mol. The molecule has 0 saturated carbocycles. The molecule has 8 heteroatoms. The van der Waals surface area contributed by atoms with E-state index >= 15 is 0 Å². The van der Waals surface area contributed by atoms with Crippen molar-refractivity contribution < 1.29 is 32.6 Å². The molecule has 1 fully saturated rings. The zero-order chi connectivity index (χ0) is 22.3. The van der Waals surface area contributed by atoms with Crippen LogP contribution in [0.4, 0.5) is 13.6 Å². The van der Waals surface area contributed by atoms with Crippen molar-refractivity contribution in [3.63, 3.8) is 0 Å². The number of aryl methyl sites for hydroxylation is 1. The van der Waals surface area contributed by atoms with Gasteiger partial charge in [0.1, 0.15) is 11.7 Å². The summed E-state index contributed by atoms with van der Waals surface area (Å²) in [6.45, 7) is 8.23. The number of hydrogen-bond donors (Lipinski definition) is 0. The van der Waals surface area contributed by atoms with Crippen molar-refractivity contribution in [2.24, 2.45) is 0 Å². The molecule has 0 spiro atoms. The van der Waals surface area contributed by atoms with Crippen molar-refractivity contribution >= 4 is 12.1 Å². The third kappa shape index (κ3) is 7.46. The molecule has 30 heavy (non-hydrogen) atoms. The van der Waals surface area contributed by atoms with E-state index in [1.165, 1.54) is 12.1 Å². The van der Waals surface area contributed by atoms with Gasteiger partial charge in [-0.15, -0.1) is 0 Å². The fourth-order valence-electron chi connectivity index (χ4n) is 3.19. The molecule has 1 amide bonds. The summed E-state index contributed by atoms with van der Waals surface area (Å²) in [5.41, 5.74) is -0.115. The van der Waals surface area contributed by atoms with E-state index < -0.39 is 29.1 Å². The van der Waals surface area contributed by atoms with Crippen molar-refractivity contribution in [1.82, 2.24) is 4.90 Å². The van der Waals surface area contributed by atoms with Crippen LogP contribution in [0.15, 0.2) is 12.1 Å². The third-order valence-electron chi connectivity index (χ3n) is 4.59. The Balaban J connectivity index is 1.87. The van der Waals surface area contributed by atoms with Crippen LogP contribution in [0, 0.1) is 11.6 Å². The summed E-state index contributed by atoms with van der Waals surface area (Å²) in [5, 5.41) is 0. The number of benzene rings is 1. The van der Waals surface area contributed by atoms with Crippen LogP contribution in [0.25, 0.3) is 0 Å². The molecule has 1 aliphatic rings. The van der Waals surface area contributed by atoms with Gasteiger partial charge in [0, 0.05) is 32.4 Å². The van der Waals surface area contributed by atoms with E-state index in [4.69, 9.17) is 14.2 Å². The number of nitrogens with zero attached hydrogens (tertiary/aromatic N) is 1.